The van der Waals surface area contributed by atoms with Crippen molar-refractivity contribution in [1.29, 1.82) is 5.41 Å². The first-order valence-electron chi connectivity index (χ1n) is 7.50. The van der Waals surface area contributed by atoms with Crippen molar-refractivity contribution in [2.24, 2.45) is 4.99 Å². The van der Waals surface area contributed by atoms with Crippen LogP contribution in [0.3, 0.4) is 0 Å². The fourth-order valence-corrected chi connectivity index (χ4v) is 2.71. The molecule has 0 atom stereocenters. The van der Waals surface area contributed by atoms with Gasteiger partial charge in [0.15, 0.2) is 11.5 Å². The average molecular weight is 355 g/mol. The van der Waals surface area contributed by atoms with E-state index in [1.807, 2.05) is 49.3 Å². The van der Waals surface area contributed by atoms with E-state index in [1.165, 1.54) is 23.9 Å². The van der Waals surface area contributed by atoms with Gasteiger partial charge in [0, 0.05) is 24.7 Å². The van der Waals surface area contributed by atoms with Crippen molar-refractivity contribution in [2.45, 2.75) is 0 Å². The summed E-state index contributed by atoms with van der Waals surface area (Å²) < 4.78 is 11.9. The lowest BCUT2D eigenvalue weighted by Gasteiger charge is -2.11. The second-order valence-electron chi connectivity index (χ2n) is 5.31. The Morgan fingerprint density at radius 1 is 1.08 bits per heavy atom. The molecule has 0 unspecified atom stereocenters. The van der Waals surface area contributed by atoms with Gasteiger partial charge in [-0.1, -0.05) is 30.3 Å². The van der Waals surface area contributed by atoms with Gasteiger partial charge in [0.2, 0.25) is 0 Å². The molecule has 0 aromatic heterocycles. The van der Waals surface area contributed by atoms with E-state index in [0.29, 0.717) is 12.0 Å². The molecule has 0 amide bonds. The molecule has 4 nitrogen and oxygen atoms in total. The maximum Gasteiger partial charge on any atom is 0.185 e. The Morgan fingerprint density at radius 3 is 2.20 bits per heavy atom. The summed E-state index contributed by atoms with van der Waals surface area (Å²) in [5.74, 6) is -0.178. The van der Waals surface area contributed by atoms with Gasteiger partial charge in [0.25, 0.3) is 0 Å². The van der Waals surface area contributed by atoms with Crippen LogP contribution in [-0.2, 0) is 4.79 Å². The molecule has 0 saturated carbocycles. The molecule has 6 heteroatoms. The normalized spacial score (nSPS) is 14.6. The highest BCUT2D eigenvalue weighted by Gasteiger charge is 2.17. The molecule has 0 bridgehead atoms. The number of thioether (sulfide) groups is 1. The highest BCUT2D eigenvalue weighted by Crippen LogP contribution is 2.28. The summed E-state index contributed by atoms with van der Waals surface area (Å²) in [5.41, 5.74) is 2.45. The van der Waals surface area contributed by atoms with Crippen LogP contribution in [0.25, 0.3) is 6.08 Å². The SMILES string of the molecule is CN(C)c1ccc(C=C2SC(=N)N=C2C=O)cc1.Fc1ccccc1. The monoisotopic (exact) mass is 355 g/mol. The lowest BCUT2D eigenvalue weighted by molar-refractivity contribution is -0.102. The summed E-state index contributed by atoms with van der Waals surface area (Å²) in [6, 6.07) is 15.9. The van der Waals surface area contributed by atoms with Gasteiger partial charge < -0.3 is 4.90 Å². The lowest BCUT2D eigenvalue weighted by atomic mass is 10.1. The molecule has 25 heavy (non-hydrogen) atoms. The van der Waals surface area contributed by atoms with Crippen LogP contribution in [0, 0.1) is 11.2 Å². The Balaban J connectivity index is 0.000000269. The quantitative estimate of drug-likeness (QED) is 0.838. The van der Waals surface area contributed by atoms with Crippen LogP contribution in [0.4, 0.5) is 10.1 Å². The van der Waals surface area contributed by atoms with Crippen molar-refractivity contribution < 1.29 is 9.18 Å². The van der Waals surface area contributed by atoms with Crippen molar-refractivity contribution in [3.63, 3.8) is 0 Å². The first kappa shape index (κ1) is 18.6. The summed E-state index contributed by atoms with van der Waals surface area (Å²) in [4.78, 5) is 17.4. The number of aliphatic imine (C=N–C) groups is 1. The molecule has 128 valence electrons. The van der Waals surface area contributed by atoms with Crippen LogP contribution in [0.15, 0.2) is 64.5 Å². The Kier molecular flexibility index (Phi) is 6.65. The maximum atomic E-state index is 11.9. The van der Waals surface area contributed by atoms with Gasteiger partial charge in [-0.15, -0.1) is 0 Å². The van der Waals surface area contributed by atoms with Gasteiger partial charge >= 0.3 is 0 Å². The van der Waals surface area contributed by atoms with Crippen LogP contribution >= 0.6 is 11.8 Å². The highest BCUT2D eigenvalue weighted by molar-refractivity contribution is 8.18. The third-order valence-corrected chi connectivity index (χ3v) is 4.06. The van der Waals surface area contributed by atoms with Crippen LogP contribution in [0.2, 0.25) is 0 Å². The van der Waals surface area contributed by atoms with E-state index in [0.717, 1.165) is 16.2 Å². The number of rotatable bonds is 3. The second kappa shape index (κ2) is 8.94. The Morgan fingerprint density at radius 2 is 1.72 bits per heavy atom. The smallest absolute Gasteiger partial charge is 0.185 e. The molecule has 1 heterocycles. The molecular formula is C19H18FN3OS. The number of nitrogens with zero attached hydrogens (tertiary/aromatic N) is 2. The van der Waals surface area contributed by atoms with Crippen molar-refractivity contribution in [3.05, 3.63) is 70.9 Å². The molecule has 0 fully saturated rings. The molecule has 1 N–H and O–H groups in total. The summed E-state index contributed by atoms with van der Waals surface area (Å²) >= 11 is 1.20. The van der Waals surface area contributed by atoms with Gasteiger partial charge in [-0.25, -0.2) is 9.38 Å². The predicted octanol–water partition coefficient (Wildman–Crippen LogP) is 4.24. The van der Waals surface area contributed by atoms with Gasteiger partial charge in [-0.3, -0.25) is 10.2 Å². The Bertz CT molecular complexity index is 799. The number of aldehydes is 1. The topological polar surface area (TPSA) is 56.5 Å². The first-order chi connectivity index (χ1) is 12.0. The maximum absolute atomic E-state index is 11.9. The van der Waals surface area contributed by atoms with E-state index in [-0.39, 0.29) is 11.0 Å². The molecule has 1 aliphatic rings. The van der Waals surface area contributed by atoms with Gasteiger partial charge in [0.1, 0.15) is 11.5 Å². The summed E-state index contributed by atoms with van der Waals surface area (Å²) in [5, 5.41) is 7.60. The molecule has 0 saturated heterocycles. The molecule has 0 aliphatic carbocycles. The third kappa shape index (κ3) is 5.69. The fraction of sp³-hybridized carbons (Fsp3) is 0.105. The number of carbonyl (C=O) groups excluding carboxylic acids is 1. The standard InChI is InChI=1S/C13H13N3OS.C6H5F/c1-16(2)10-5-3-9(4-6-10)7-12-11(8-17)15-13(14)18-12;7-6-4-2-1-3-5-6/h3-8,14H,1-2H3;1-5H. The number of carbonyl (C=O) groups is 1. The number of halogens is 1. The molecule has 2 aromatic carbocycles. The summed E-state index contributed by atoms with van der Waals surface area (Å²) in [7, 11) is 3.97. The lowest BCUT2D eigenvalue weighted by Crippen LogP contribution is -2.07. The second-order valence-corrected chi connectivity index (χ2v) is 6.34. The number of amidine groups is 1. The van der Waals surface area contributed by atoms with E-state index in [4.69, 9.17) is 5.41 Å². The number of nitrogens with one attached hydrogen (secondary N) is 1. The number of hydrogen-bond acceptors (Lipinski definition) is 4. The van der Waals surface area contributed by atoms with E-state index >= 15 is 0 Å². The molecule has 0 radical (unpaired) electrons. The van der Waals surface area contributed by atoms with E-state index in [2.05, 4.69) is 4.99 Å². The van der Waals surface area contributed by atoms with Crippen molar-refractivity contribution in [1.82, 2.24) is 0 Å². The number of allylic oxidation sites excluding steroid dienone is 1. The van der Waals surface area contributed by atoms with Crippen LogP contribution < -0.4 is 4.90 Å². The molecule has 3 rings (SSSR count). The van der Waals surface area contributed by atoms with Crippen molar-refractivity contribution in [3.8, 4) is 0 Å². The zero-order valence-corrected chi connectivity index (χ0v) is 14.8. The number of anilines is 1. The molecule has 0 spiro atoms. The van der Waals surface area contributed by atoms with Crippen molar-refractivity contribution >= 4 is 40.7 Å². The zero-order valence-electron chi connectivity index (χ0n) is 13.9. The summed E-state index contributed by atoms with van der Waals surface area (Å²) in [6.45, 7) is 0. The minimum Gasteiger partial charge on any atom is -0.378 e. The minimum atomic E-state index is -0.178. The molecule has 1 aliphatic heterocycles. The van der Waals surface area contributed by atoms with Gasteiger partial charge in [0.05, 0.1) is 0 Å². The van der Waals surface area contributed by atoms with Crippen LogP contribution in [0.1, 0.15) is 5.56 Å². The Labute approximate surface area is 150 Å². The van der Waals surface area contributed by atoms with Gasteiger partial charge in [-0.2, -0.15) is 0 Å². The Hall–Kier alpha value is -2.73. The predicted molar refractivity (Wildman–Crippen MR) is 104 cm³/mol. The van der Waals surface area contributed by atoms with E-state index in [9.17, 15) is 9.18 Å². The van der Waals surface area contributed by atoms with Crippen LogP contribution in [-0.4, -0.2) is 31.3 Å². The fourth-order valence-electron chi connectivity index (χ4n) is 1.97. The average Bonchev–Trinajstić information content (AvgIpc) is 2.96. The van der Waals surface area contributed by atoms with Crippen molar-refractivity contribution in [2.75, 3.05) is 19.0 Å². The van der Waals surface area contributed by atoms with E-state index < -0.39 is 0 Å². The molecular weight excluding hydrogens is 337 g/mol. The van der Waals surface area contributed by atoms with Gasteiger partial charge in [-0.05, 0) is 47.7 Å². The molecule has 2 aromatic rings. The minimum absolute atomic E-state index is 0.160. The number of hydrogen-bond donors (Lipinski definition) is 1. The zero-order chi connectivity index (χ0) is 18.2. The highest BCUT2D eigenvalue weighted by atomic mass is 32.2. The third-order valence-electron chi connectivity index (χ3n) is 3.23. The van der Waals surface area contributed by atoms with Crippen LogP contribution in [0.5, 0.6) is 0 Å². The number of benzene rings is 2. The summed E-state index contributed by atoms with van der Waals surface area (Å²) in [6.07, 6.45) is 2.56. The largest absolute Gasteiger partial charge is 0.378 e. The first-order valence-corrected chi connectivity index (χ1v) is 8.31. The van der Waals surface area contributed by atoms with E-state index in [1.54, 1.807) is 18.2 Å².